The van der Waals surface area contributed by atoms with Gasteiger partial charge in [0.25, 0.3) is 0 Å². The van der Waals surface area contributed by atoms with Crippen LogP contribution >= 0.6 is 22.6 Å². The molecule has 0 spiro atoms. The zero-order chi connectivity index (χ0) is 34.3. The van der Waals surface area contributed by atoms with E-state index in [2.05, 4.69) is 130 Å². The highest BCUT2D eigenvalue weighted by Crippen LogP contribution is 2.61. The number of rotatable bonds is 12. The minimum absolute atomic E-state index is 0.0196. The lowest BCUT2D eigenvalue weighted by Crippen LogP contribution is -2.61. The second-order valence-corrected chi connectivity index (χ2v) is 19.9. The van der Waals surface area contributed by atoms with Crippen molar-refractivity contribution in [1.82, 2.24) is 19.4 Å². The van der Waals surface area contributed by atoms with Crippen molar-refractivity contribution in [3.8, 4) is 0 Å². The van der Waals surface area contributed by atoms with Crippen LogP contribution in [0, 0.1) is 32.2 Å². The molecular weight excluding hydrogens is 719 g/mol. The first-order valence-corrected chi connectivity index (χ1v) is 20.1. The van der Waals surface area contributed by atoms with E-state index in [0.29, 0.717) is 35.6 Å². The summed E-state index contributed by atoms with van der Waals surface area (Å²) in [5.74, 6) is 1.54. The van der Waals surface area contributed by atoms with E-state index in [-0.39, 0.29) is 29.7 Å². The number of nitrogens with one attached hydrogen (secondary N) is 1. The molecule has 3 saturated carbocycles. The van der Waals surface area contributed by atoms with Crippen LogP contribution in [0.25, 0.3) is 0 Å². The average Bonchev–Trinajstić information content (AvgIpc) is 3.26. The quantitative estimate of drug-likeness (QED) is 0.242. The Bertz CT molecular complexity index is 1520. The number of sulfonamides is 1. The van der Waals surface area contributed by atoms with Crippen LogP contribution < -0.4 is 5.32 Å². The molecule has 1 amide bonds. The van der Waals surface area contributed by atoms with Gasteiger partial charge in [0.1, 0.15) is 6.04 Å². The maximum absolute atomic E-state index is 13.7. The monoisotopic (exact) mass is 776 g/mol. The van der Waals surface area contributed by atoms with Crippen molar-refractivity contribution in [1.29, 1.82) is 0 Å². The summed E-state index contributed by atoms with van der Waals surface area (Å²) in [7, 11) is 0.755. The summed E-state index contributed by atoms with van der Waals surface area (Å²) in [6, 6.07) is 16.7. The lowest BCUT2D eigenvalue weighted by atomic mass is 9.45. The molecule has 2 bridgehead atoms. The molecule has 1 aliphatic heterocycles. The molecule has 2 aromatic rings. The van der Waals surface area contributed by atoms with Gasteiger partial charge in [0.15, 0.2) is 0 Å². The Morgan fingerprint density at radius 2 is 1.77 bits per heavy atom. The Kier molecular flexibility index (Phi) is 11.2. The Balaban J connectivity index is 1.34. The second kappa shape index (κ2) is 14.4. The molecule has 4 aliphatic rings. The Hall–Kier alpha value is -1.53. The largest absolute Gasteiger partial charge is 0.352 e. The standard InChI is InChI=1S/C38H57IN4O3S/c1-26-32-19-30(38(32,5)6)20-34(26)40-36(44)35-16-17-47(45,46)43(35)23-28-13-11-12-27(18-28)22-42(24-29-14-9-10-15-33(29)39)31(25-41(7)8)21-37(2,3)4/h9-15,18,26,30-32,34-35H,16-17,19-25H2,1-8H3,(H,40,44)/t26-,30-,31-,32+,34-,35?/m0/s1. The fourth-order valence-corrected chi connectivity index (χ4v) is 10.9. The normalized spacial score (nSPS) is 27.5. The molecule has 1 heterocycles. The van der Waals surface area contributed by atoms with Gasteiger partial charge in [0.2, 0.25) is 15.9 Å². The Morgan fingerprint density at radius 3 is 2.40 bits per heavy atom. The van der Waals surface area contributed by atoms with Gasteiger partial charge in [0, 0.05) is 41.8 Å². The lowest BCUT2D eigenvalue weighted by Gasteiger charge is -2.62. The van der Waals surface area contributed by atoms with Gasteiger partial charge in [-0.05, 0) is 114 Å². The summed E-state index contributed by atoms with van der Waals surface area (Å²) < 4.78 is 29.4. The van der Waals surface area contributed by atoms with Crippen molar-refractivity contribution in [2.24, 2.45) is 28.6 Å². The SMILES string of the molecule is C[C@@H]1[C@@H](NC(=O)C2CCS(=O)(=O)N2Cc2cccc(CN(Cc3ccccc3I)[C@H](CN(C)C)CC(C)(C)C)c2)C[C@@H]2C[C@H]1C2(C)C. The van der Waals surface area contributed by atoms with Crippen molar-refractivity contribution in [3.63, 3.8) is 0 Å². The molecular formula is C38H57IN4O3S. The van der Waals surface area contributed by atoms with E-state index in [0.717, 1.165) is 43.6 Å². The second-order valence-electron chi connectivity index (χ2n) is 16.7. The first-order valence-electron chi connectivity index (χ1n) is 17.4. The fourth-order valence-electron chi connectivity index (χ4n) is 8.64. The third-order valence-corrected chi connectivity index (χ3v) is 14.2. The number of amides is 1. The van der Waals surface area contributed by atoms with Crippen LogP contribution in [-0.4, -0.2) is 72.9 Å². The van der Waals surface area contributed by atoms with Gasteiger partial charge >= 0.3 is 0 Å². The molecule has 47 heavy (non-hydrogen) atoms. The first-order chi connectivity index (χ1) is 21.9. The van der Waals surface area contributed by atoms with Crippen LogP contribution in [0.2, 0.25) is 0 Å². The molecule has 0 radical (unpaired) electrons. The van der Waals surface area contributed by atoms with Crippen LogP contribution in [0.3, 0.4) is 0 Å². The summed E-state index contributed by atoms with van der Waals surface area (Å²) >= 11 is 2.44. The van der Waals surface area contributed by atoms with Crippen LogP contribution in [0.15, 0.2) is 48.5 Å². The zero-order valence-electron chi connectivity index (χ0n) is 29.8. The van der Waals surface area contributed by atoms with E-state index < -0.39 is 16.1 Å². The highest BCUT2D eigenvalue weighted by Gasteiger charge is 2.56. The van der Waals surface area contributed by atoms with Gasteiger partial charge < -0.3 is 10.2 Å². The minimum Gasteiger partial charge on any atom is -0.352 e. The first kappa shape index (κ1) is 36.7. The molecule has 4 fully saturated rings. The van der Waals surface area contributed by atoms with Gasteiger partial charge in [-0.25, -0.2) is 8.42 Å². The predicted octanol–water partition coefficient (Wildman–Crippen LogP) is 6.75. The number of carbonyl (C=O) groups is 1. The topological polar surface area (TPSA) is 73.0 Å². The third-order valence-electron chi connectivity index (χ3n) is 11.3. The van der Waals surface area contributed by atoms with Gasteiger partial charge in [-0.3, -0.25) is 9.69 Å². The van der Waals surface area contributed by atoms with Crippen molar-refractivity contribution >= 4 is 38.5 Å². The van der Waals surface area contributed by atoms with Crippen molar-refractivity contribution in [2.75, 3.05) is 26.4 Å². The predicted molar refractivity (Wildman–Crippen MR) is 200 cm³/mol. The number of carbonyl (C=O) groups excluding carboxylic acids is 1. The molecule has 1 N–H and O–H groups in total. The van der Waals surface area contributed by atoms with E-state index in [1.54, 1.807) is 0 Å². The number of fused-ring (bicyclic) bond motifs is 2. The van der Waals surface area contributed by atoms with Gasteiger partial charge in [-0.15, -0.1) is 0 Å². The maximum atomic E-state index is 13.7. The summed E-state index contributed by atoms with van der Waals surface area (Å²) in [5.41, 5.74) is 3.89. The molecule has 9 heteroatoms. The molecule has 2 aromatic carbocycles. The number of nitrogens with zero attached hydrogens (tertiary/aromatic N) is 3. The summed E-state index contributed by atoms with van der Waals surface area (Å²) in [5, 5.41) is 3.32. The zero-order valence-corrected chi connectivity index (χ0v) is 32.8. The van der Waals surface area contributed by atoms with Gasteiger partial charge in [-0.1, -0.05) is 84.0 Å². The Labute approximate surface area is 298 Å². The van der Waals surface area contributed by atoms with E-state index in [1.807, 2.05) is 12.1 Å². The van der Waals surface area contributed by atoms with Crippen LogP contribution in [0.5, 0.6) is 0 Å². The highest BCUT2D eigenvalue weighted by atomic mass is 127. The van der Waals surface area contributed by atoms with Gasteiger partial charge in [0.05, 0.1) is 5.75 Å². The average molecular weight is 777 g/mol. The van der Waals surface area contributed by atoms with Gasteiger partial charge in [-0.2, -0.15) is 4.31 Å². The van der Waals surface area contributed by atoms with Crippen LogP contribution in [0.4, 0.5) is 0 Å². The van der Waals surface area contributed by atoms with Crippen molar-refractivity contribution in [2.45, 2.75) is 105 Å². The van der Waals surface area contributed by atoms with Crippen LogP contribution in [-0.2, 0) is 34.5 Å². The molecule has 3 aliphatic carbocycles. The molecule has 6 atom stereocenters. The third kappa shape index (κ3) is 8.62. The molecule has 7 nitrogen and oxygen atoms in total. The summed E-state index contributed by atoms with van der Waals surface area (Å²) in [6.07, 6.45) is 3.63. The molecule has 6 rings (SSSR count). The fraction of sp³-hybridized carbons (Fsp3) is 0.658. The number of hydrogen-bond acceptors (Lipinski definition) is 5. The van der Waals surface area contributed by atoms with E-state index in [1.165, 1.54) is 19.9 Å². The smallest absolute Gasteiger partial charge is 0.238 e. The highest BCUT2D eigenvalue weighted by molar-refractivity contribution is 14.1. The number of benzene rings is 2. The van der Waals surface area contributed by atoms with E-state index in [9.17, 15) is 13.2 Å². The molecule has 1 unspecified atom stereocenters. The van der Waals surface area contributed by atoms with Crippen molar-refractivity contribution < 1.29 is 13.2 Å². The van der Waals surface area contributed by atoms with E-state index in [4.69, 9.17) is 0 Å². The van der Waals surface area contributed by atoms with E-state index >= 15 is 0 Å². The lowest BCUT2D eigenvalue weighted by molar-refractivity contribution is -0.136. The number of halogens is 1. The molecule has 1 saturated heterocycles. The minimum atomic E-state index is -3.53. The summed E-state index contributed by atoms with van der Waals surface area (Å²) in [4.78, 5) is 18.6. The van der Waals surface area contributed by atoms with Crippen molar-refractivity contribution in [3.05, 3.63) is 68.8 Å². The molecule has 0 aromatic heterocycles. The maximum Gasteiger partial charge on any atom is 0.238 e. The molecule has 260 valence electrons. The summed E-state index contributed by atoms with van der Waals surface area (Å²) in [6.45, 7) is 16.6. The number of hydrogen-bond donors (Lipinski definition) is 1. The Morgan fingerprint density at radius 1 is 1.06 bits per heavy atom. The van der Waals surface area contributed by atoms with Crippen LogP contribution in [0.1, 0.15) is 83.9 Å². The number of likely N-dealkylation sites (N-methyl/N-ethyl adjacent to an activating group) is 1.